The van der Waals surface area contributed by atoms with E-state index in [4.69, 9.17) is 9.47 Å². The van der Waals surface area contributed by atoms with Crippen molar-refractivity contribution in [2.75, 3.05) is 19.8 Å². The summed E-state index contributed by atoms with van der Waals surface area (Å²) in [6, 6.07) is 6.83. The van der Waals surface area contributed by atoms with Crippen LogP contribution < -0.4 is 9.46 Å². The number of nitrogens with one attached hydrogen (secondary N) is 1. The van der Waals surface area contributed by atoms with Gasteiger partial charge in [0.1, 0.15) is 5.75 Å². The molecule has 0 aromatic heterocycles. The van der Waals surface area contributed by atoms with Gasteiger partial charge in [-0.15, -0.1) is 0 Å². The maximum absolute atomic E-state index is 12.8. The summed E-state index contributed by atoms with van der Waals surface area (Å²) >= 11 is 0. The van der Waals surface area contributed by atoms with Crippen LogP contribution in [-0.2, 0) is 14.8 Å². The normalized spacial score (nSPS) is 19.1. The minimum absolute atomic E-state index is 0.158. The second-order valence-corrected chi connectivity index (χ2v) is 11.0. The van der Waals surface area contributed by atoms with E-state index in [0.29, 0.717) is 24.9 Å². The third kappa shape index (κ3) is 6.77. The Hall–Kier alpha value is -1.11. The zero-order valence-electron chi connectivity index (χ0n) is 16.8. The van der Waals surface area contributed by atoms with E-state index in [-0.39, 0.29) is 15.8 Å². The van der Waals surface area contributed by atoms with Crippen molar-refractivity contribution >= 4 is 10.0 Å². The molecule has 0 aliphatic heterocycles. The Kier molecular flexibility index (Phi) is 6.18. The van der Waals surface area contributed by atoms with Crippen LogP contribution in [-0.4, -0.2) is 33.8 Å². The Labute approximate surface area is 163 Å². The molecule has 2 fully saturated rings. The molecule has 6 heteroatoms. The van der Waals surface area contributed by atoms with Gasteiger partial charge >= 0.3 is 0 Å². The molecule has 152 valence electrons. The van der Waals surface area contributed by atoms with E-state index in [2.05, 4.69) is 25.5 Å². The molecule has 1 N–H and O–H groups in total. The SMILES string of the molecule is CC(C)(C)COCCCC1(NS(=O)(=O)c2cccc(OCC3CC3)c2)CC1. The molecule has 0 saturated heterocycles. The first-order chi connectivity index (χ1) is 12.7. The van der Waals surface area contributed by atoms with Crippen LogP contribution in [0.1, 0.15) is 59.3 Å². The molecular formula is C21H33NO4S. The van der Waals surface area contributed by atoms with Gasteiger partial charge in [0.25, 0.3) is 0 Å². The zero-order chi connectivity index (χ0) is 19.5. The van der Waals surface area contributed by atoms with Gasteiger partial charge in [-0.05, 0) is 62.0 Å². The van der Waals surface area contributed by atoms with Crippen molar-refractivity contribution in [1.82, 2.24) is 4.72 Å². The molecule has 0 bridgehead atoms. The van der Waals surface area contributed by atoms with Crippen molar-refractivity contribution in [2.24, 2.45) is 11.3 Å². The van der Waals surface area contributed by atoms with Crippen LogP contribution in [0.3, 0.4) is 0 Å². The Morgan fingerprint density at radius 3 is 2.59 bits per heavy atom. The number of rotatable bonds is 11. The molecule has 0 unspecified atom stereocenters. The minimum Gasteiger partial charge on any atom is -0.493 e. The lowest BCUT2D eigenvalue weighted by atomic mass is 9.99. The summed E-state index contributed by atoms with van der Waals surface area (Å²) in [5.41, 5.74) is -0.139. The van der Waals surface area contributed by atoms with Crippen molar-refractivity contribution in [3.63, 3.8) is 0 Å². The van der Waals surface area contributed by atoms with Crippen LogP contribution in [0.5, 0.6) is 5.75 Å². The molecule has 1 aromatic rings. The number of ether oxygens (including phenoxy) is 2. The summed E-state index contributed by atoms with van der Waals surface area (Å²) in [5.74, 6) is 1.27. The van der Waals surface area contributed by atoms with E-state index in [0.717, 1.165) is 32.3 Å². The quantitative estimate of drug-likeness (QED) is 0.572. The van der Waals surface area contributed by atoms with Gasteiger partial charge in [-0.2, -0.15) is 0 Å². The summed E-state index contributed by atoms with van der Waals surface area (Å²) in [6.07, 6.45) is 5.88. The predicted octanol–water partition coefficient (Wildman–Crippen LogP) is 4.13. The second-order valence-electron chi connectivity index (χ2n) is 9.33. The molecule has 2 saturated carbocycles. The monoisotopic (exact) mass is 395 g/mol. The maximum atomic E-state index is 12.8. The number of hydrogen-bond acceptors (Lipinski definition) is 4. The fraction of sp³-hybridized carbons (Fsp3) is 0.714. The van der Waals surface area contributed by atoms with E-state index in [1.54, 1.807) is 18.2 Å². The van der Waals surface area contributed by atoms with Crippen molar-refractivity contribution < 1.29 is 17.9 Å². The average molecular weight is 396 g/mol. The van der Waals surface area contributed by atoms with Crippen molar-refractivity contribution in [3.8, 4) is 5.75 Å². The highest BCUT2D eigenvalue weighted by Gasteiger charge is 2.45. The van der Waals surface area contributed by atoms with Gasteiger partial charge in [-0.1, -0.05) is 26.8 Å². The molecule has 2 aliphatic carbocycles. The van der Waals surface area contributed by atoms with Gasteiger partial charge in [0.15, 0.2) is 0 Å². The van der Waals surface area contributed by atoms with Crippen molar-refractivity contribution in [2.45, 2.75) is 69.7 Å². The first-order valence-electron chi connectivity index (χ1n) is 10.0. The molecule has 2 aliphatic rings. The maximum Gasteiger partial charge on any atom is 0.241 e. The van der Waals surface area contributed by atoms with Crippen molar-refractivity contribution in [1.29, 1.82) is 0 Å². The summed E-state index contributed by atoms with van der Waals surface area (Å²) in [7, 11) is -3.54. The van der Waals surface area contributed by atoms with Crippen LogP contribution in [0.2, 0.25) is 0 Å². The molecule has 1 aromatic carbocycles. The largest absolute Gasteiger partial charge is 0.493 e. The standard InChI is InChI=1S/C21H33NO4S/c1-20(2,3)16-25-13-5-10-21(11-12-21)22-27(23,24)19-7-4-6-18(14-19)26-15-17-8-9-17/h4,6-7,14,17,22H,5,8-13,15-16H2,1-3H3. The number of sulfonamides is 1. The summed E-state index contributed by atoms with van der Waals surface area (Å²) in [4.78, 5) is 0.283. The fourth-order valence-electron chi connectivity index (χ4n) is 3.02. The van der Waals surface area contributed by atoms with Crippen LogP contribution in [0.4, 0.5) is 0 Å². The summed E-state index contributed by atoms with van der Waals surface area (Å²) in [5, 5.41) is 0. The van der Waals surface area contributed by atoms with Gasteiger partial charge in [0, 0.05) is 18.2 Å². The molecule has 0 spiro atoms. The van der Waals surface area contributed by atoms with Gasteiger partial charge in [-0.3, -0.25) is 0 Å². The molecule has 0 amide bonds. The molecule has 3 rings (SSSR count). The molecule has 0 atom stereocenters. The predicted molar refractivity (Wildman–Crippen MR) is 106 cm³/mol. The Bertz CT molecular complexity index is 731. The lowest BCUT2D eigenvalue weighted by Gasteiger charge is -2.20. The fourth-order valence-corrected chi connectivity index (χ4v) is 4.54. The van der Waals surface area contributed by atoms with Crippen LogP contribution in [0.25, 0.3) is 0 Å². The minimum atomic E-state index is -3.54. The Balaban J connectivity index is 1.50. The topological polar surface area (TPSA) is 64.6 Å². The van der Waals surface area contributed by atoms with Gasteiger partial charge in [0.05, 0.1) is 18.1 Å². The van der Waals surface area contributed by atoms with Crippen LogP contribution >= 0.6 is 0 Å². The second kappa shape index (κ2) is 8.10. The summed E-state index contributed by atoms with van der Waals surface area (Å²) < 4.78 is 40.0. The highest BCUT2D eigenvalue weighted by atomic mass is 32.2. The third-order valence-electron chi connectivity index (χ3n) is 4.98. The molecule has 0 heterocycles. The Morgan fingerprint density at radius 1 is 1.22 bits per heavy atom. The first kappa shape index (κ1) is 20.6. The summed E-state index contributed by atoms with van der Waals surface area (Å²) in [6.45, 7) is 8.50. The highest BCUT2D eigenvalue weighted by Crippen LogP contribution is 2.41. The third-order valence-corrected chi connectivity index (χ3v) is 6.56. The van der Waals surface area contributed by atoms with E-state index in [9.17, 15) is 8.42 Å². The molecule has 5 nitrogen and oxygen atoms in total. The first-order valence-corrected chi connectivity index (χ1v) is 11.5. The zero-order valence-corrected chi connectivity index (χ0v) is 17.6. The lowest BCUT2D eigenvalue weighted by Crippen LogP contribution is -2.37. The lowest BCUT2D eigenvalue weighted by molar-refractivity contribution is 0.0675. The molecular weight excluding hydrogens is 362 g/mol. The number of benzene rings is 1. The van der Waals surface area contributed by atoms with E-state index < -0.39 is 10.0 Å². The van der Waals surface area contributed by atoms with Gasteiger partial charge in [-0.25, -0.2) is 13.1 Å². The average Bonchev–Trinajstić information content (AvgIpc) is 3.49. The van der Waals surface area contributed by atoms with E-state index in [1.807, 2.05) is 6.07 Å². The van der Waals surface area contributed by atoms with Crippen LogP contribution in [0.15, 0.2) is 29.2 Å². The van der Waals surface area contributed by atoms with Gasteiger partial charge in [0.2, 0.25) is 10.0 Å². The Morgan fingerprint density at radius 2 is 1.96 bits per heavy atom. The highest BCUT2D eigenvalue weighted by molar-refractivity contribution is 7.89. The van der Waals surface area contributed by atoms with Crippen LogP contribution in [0, 0.1) is 11.3 Å². The molecule has 27 heavy (non-hydrogen) atoms. The van der Waals surface area contributed by atoms with Gasteiger partial charge < -0.3 is 9.47 Å². The van der Waals surface area contributed by atoms with Crippen molar-refractivity contribution in [3.05, 3.63) is 24.3 Å². The molecule has 0 radical (unpaired) electrons. The van der Waals surface area contributed by atoms with E-state index in [1.165, 1.54) is 12.8 Å². The van der Waals surface area contributed by atoms with E-state index >= 15 is 0 Å². The number of hydrogen-bond donors (Lipinski definition) is 1. The smallest absolute Gasteiger partial charge is 0.241 e.